The summed E-state index contributed by atoms with van der Waals surface area (Å²) >= 11 is 0. The largest absolute Gasteiger partial charge is 0.461 e. The van der Waals surface area contributed by atoms with Crippen LogP contribution in [0.3, 0.4) is 0 Å². The van der Waals surface area contributed by atoms with E-state index in [0.29, 0.717) is 24.1 Å². The number of nitrogens with two attached hydrogens (primary N) is 1. The highest BCUT2D eigenvalue weighted by Crippen LogP contribution is 2.13. The number of amides is 8. The molecule has 0 bridgehead atoms. The van der Waals surface area contributed by atoms with Gasteiger partial charge in [-0.05, 0) is 49.3 Å². The molecule has 20 heteroatoms. The van der Waals surface area contributed by atoms with Crippen molar-refractivity contribution in [3.05, 3.63) is 42.0 Å². The molecule has 2 rings (SSSR count). The quantitative estimate of drug-likeness (QED) is 0.0344. The number of hydrogen-bond donors (Lipinski definition) is 7. The minimum absolute atomic E-state index is 0.0180. The van der Waals surface area contributed by atoms with Crippen molar-refractivity contribution >= 4 is 63.2 Å². The Labute approximate surface area is 306 Å². The number of urea groups is 1. The molecule has 1 aromatic carbocycles. The maximum Gasteiger partial charge on any atom is 0.312 e. The molecule has 1 aromatic rings. The summed E-state index contributed by atoms with van der Waals surface area (Å²) in [4.78, 5) is 99.4. The van der Waals surface area contributed by atoms with Gasteiger partial charge in [0.1, 0.15) is 30.5 Å². The fourth-order valence-corrected chi connectivity index (χ4v) is 5.64. The van der Waals surface area contributed by atoms with Crippen LogP contribution in [-0.4, -0.2) is 102 Å². The molecule has 1 aliphatic heterocycles. The van der Waals surface area contributed by atoms with Crippen molar-refractivity contribution in [2.45, 2.75) is 84.0 Å². The molecule has 292 valence electrons. The lowest BCUT2D eigenvalue weighted by Crippen LogP contribution is -2.59. The number of hydrogen-bond acceptors (Lipinski definition) is 11. The third kappa shape index (κ3) is 16.7. The van der Waals surface area contributed by atoms with E-state index in [9.17, 15) is 51.3 Å². The van der Waals surface area contributed by atoms with Crippen LogP contribution in [-0.2, 0) is 55.0 Å². The van der Waals surface area contributed by atoms with Crippen LogP contribution in [0.15, 0.2) is 36.4 Å². The summed E-state index contributed by atoms with van der Waals surface area (Å²) < 4.78 is 38.0. The lowest BCUT2D eigenvalue weighted by molar-refractivity contribution is -0.142. The summed E-state index contributed by atoms with van der Waals surface area (Å²) in [5, 5.41) is 12.3. The first kappa shape index (κ1) is 43.8. The molecule has 0 aromatic heterocycles. The molecule has 0 radical (unpaired) electrons. The second-order valence-corrected chi connectivity index (χ2v) is 14.0. The van der Waals surface area contributed by atoms with Crippen LogP contribution in [0.4, 0.5) is 10.5 Å². The molecular formula is C33H47N7O12S. The number of nitrogens with one attached hydrogen (secondary N) is 5. The van der Waals surface area contributed by atoms with Crippen molar-refractivity contribution in [2.24, 2.45) is 11.7 Å². The van der Waals surface area contributed by atoms with Gasteiger partial charge in [-0.15, -0.1) is 0 Å². The number of anilines is 1. The van der Waals surface area contributed by atoms with Crippen LogP contribution in [0.5, 0.6) is 0 Å². The Bertz CT molecular complexity index is 1630. The second kappa shape index (κ2) is 21.2. The molecular weight excluding hydrogens is 718 g/mol. The van der Waals surface area contributed by atoms with E-state index in [2.05, 4.69) is 26.6 Å². The number of benzene rings is 1. The number of unbranched alkanes of at least 4 members (excludes halogenated alkanes) is 2. The van der Waals surface area contributed by atoms with Gasteiger partial charge in [0.05, 0.1) is 0 Å². The molecule has 0 spiro atoms. The van der Waals surface area contributed by atoms with Crippen LogP contribution >= 0.6 is 0 Å². The molecule has 1 unspecified atom stereocenters. The van der Waals surface area contributed by atoms with Crippen molar-refractivity contribution in [3.63, 3.8) is 0 Å². The van der Waals surface area contributed by atoms with E-state index in [-0.39, 0.29) is 45.4 Å². The van der Waals surface area contributed by atoms with Gasteiger partial charge in [0.2, 0.25) is 23.6 Å². The van der Waals surface area contributed by atoms with E-state index >= 15 is 0 Å². The Morgan fingerprint density at radius 1 is 0.849 bits per heavy atom. The van der Waals surface area contributed by atoms with E-state index < -0.39 is 87.4 Å². The highest BCUT2D eigenvalue weighted by atomic mass is 32.2. The molecule has 53 heavy (non-hydrogen) atoms. The summed E-state index contributed by atoms with van der Waals surface area (Å²) in [5.74, 6) is -6.43. The van der Waals surface area contributed by atoms with E-state index in [4.69, 9.17) is 10.5 Å². The molecule has 1 heterocycles. The standard InChI is InChI=1S/C33H47N7O12S/c1-20(2)29(39-31(46)25(19-53(49,50)51)37-26(42)9-5-4-6-17-40-27(43)14-15-28(40)44)32(47)38-24(8-7-16-35-33(34)48)30(45)36-23-12-10-22(11-13-23)18-52-21(3)41/h10-15,20,24-25,29H,4-9,16-19H2,1-3H3,(H,36,45)(H,37,42)(H,38,47)(H,39,46)(H3,34,35,48)(H,49,50,51)/t24-,25?,29-/m1/s1. The maximum atomic E-state index is 13.5. The Hall–Kier alpha value is -5.37. The highest BCUT2D eigenvalue weighted by molar-refractivity contribution is 7.85. The van der Waals surface area contributed by atoms with E-state index in [1.54, 1.807) is 38.1 Å². The topological polar surface area (TPSA) is 290 Å². The zero-order valence-corrected chi connectivity index (χ0v) is 30.5. The predicted octanol–water partition coefficient (Wildman–Crippen LogP) is -0.380. The molecule has 1 aliphatic rings. The van der Waals surface area contributed by atoms with Crippen LogP contribution in [0.1, 0.15) is 64.9 Å². The van der Waals surface area contributed by atoms with Crippen LogP contribution in [0, 0.1) is 5.92 Å². The molecule has 8 N–H and O–H groups in total. The Morgan fingerprint density at radius 3 is 2.06 bits per heavy atom. The van der Waals surface area contributed by atoms with Gasteiger partial charge in [-0.25, -0.2) is 4.79 Å². The zero-order valence-electron chi connectivity index (χ0n) is 29.7. The number of rotatable bonds is 22. The molecule has 0 saturated heterocycles. The van der Waals surface area contributed by atoms with Gasteiger partial charge >= 0.3 is 12.0 Å². The van der Waals surface area contributed by atoms with Crippen molar-refractivity contribution in [1.82, 2.24) is 26.2 Å². The Kier molecular flexibility index (Phi) is 17.5. The van der Waals surface area contributed by atoms with Gasteiger partial charge in [0, 0.05) is 44.3 Å². The lowest BCUT2D eigenvalue weighted by atomic mass is 10.0. The smallest absolute Gasteiger partial charge is 0.312 e. The van der Waals surface area contributed by atoms with Gasteiger partial charge in [0.15, 0.2) is 0 Å². The molecule has 0 saturated carbocycles. The third-order valence-electron chi connectivity index (χ3n) is 7.73. The van der Waals surface area contributed by atoms with Gasteiger partial charge < -0.3 is 37.1 Å². The van der Waals surface area contributed by atoms with Crippen LogP contribution in [0.2, 0.25) is 0 Å². The van der Waals surface area contributed by atoms with E-state index in [1.165, 1.54) is 6.92 Å². The highest BCUT2D eigenvalue weighted by Gasteiger charge is 2.33. The predicted molar refractivity (Wildman–Crippen MR) is 189 cm³/mol. The second-order valence-electron chi connectivity index (χ2n) is 12.5. The third-order valence-corrected chi connectivity index (χ3v) is 8.48. The fourth-order valence-electron chi connectivity index (χ4n) is 4.98. The Morgan fingerprint density at radius 2 is 1.49 bits per heavy atom. The van der Waals surface area contributed by atoms with Crippen LogP contribution < -0.4 is 32.3 Å². The number of carbonyl (C=O) groups excluding carboxylic acids is 8. The van der Waals surface area contributed by atoms with E-state index in [0.717, 1.165) is 17.1 Å². The average Bonchev–Trinajstić information content (AvgIpc) is 3.38. The minimum Gasteiger partial charge on any atom is -0.461 e. The SMILES string of the molecule is CC(=O)OCc1ccc(NC(=O)[C@@H](CCCNC(N)=O)NC(=O)[C@H](NC(=O)C(CS(=O)(=O)O)NC(=O)CCCCCN2C(=O)C=CC2=O)C(C)C)cc1. The van der Waals surface area contributed by atoms with Crippen molar-refractivity contribution in [1.29, 1.82) is 0 Å². The molecule has 3 atom stereocenters. The van der Waals surface area contributed by atoms with Crippen molar-refractivity contribution < 1.29 is 56.1 Å². The first-order valence-corrected chi connectivity index (χ1v) is 18.4. The number of primary amides is 1. The van der Waals surface area contributed by atoms with Crippen molar-refractivity contribution in [3.8, 4) is 0 Å². The van der Waals surface area contributed by atoms with Gasteiger partial charge in [-0.1, -0.05) is 32.4 Å². The summed E-state index contributed by atoms with van der Waals surface area (Å²) in [7, 11) is -4.79. The van der Waals surface area contributed by atoms with Crippen molar-refractivity contribution in [2.75, 3.05) is 24.2 Å². The number of imide groups is 1. The summed E-state index contributed by atoms with van der Waals surface area (Å²) in [6.45, 7) is 4.67. The number of ether oxygens (including phenoxy) is 1. The molecule has 19 nitrogen and oxygen atoms in total. The average molecular weight is 766 g/mol. The zero-order chi connectivity index (χ0) is 39.7. The van der Waals surface area contributed by atoms with Gasteiger partial charge in [0.25, 0.3) is 21.9 Å². The molecule has 8 amide bonds. The summed E-state index contributed by atoms with van der Waals surface area (Å²) in [6, 6.07) is 1.24. The Balaban J connectivity index is 2.08. The molecule has 0 fully saturated rings. The lowest BCUT2D eigenvalue weighted by Gasteiger charge is -2.27. The number of carbonyl (C=O) groups is 8. The monoisotopic (exact) mass is 765 g/mol. The first-order chi connectivity index (χ1) is 24.9. The number of nitrogens with zero attached hydrogens (tertiary/aromatic N) is 1. The first-order valence-electron chi connectivity index (χ1n) is 16.8. The maximum absolute atomic E-state index is 13.5. The fraction of sp³-hybridized carbons (Fsp3) is 0.515. The van der Waals surface area contributed by atoms with E-state index in [1.807, 2.05) is 0 Å². The van der Waals surface area contributed by atoms with Crippen LogP contribution in [0.25, 0.3) is 0 Å². The number of esters is 1. The van der Waals surface area contributed by atoms with Gasteiger partial charge in [-0.2, -0.15) is 8.42 Å². The van der Waals surface area contributed by atoms with Gasteiger partial charge in [-0.3, -0.25) is 43.0 Å². The summed E-state index contributed by atoms with van der Waals surface area (Å²) in [6.07, 6.45) is 3.47. The summed E-state index contributed by atoms with van der Waals surface area (Å²) in [5.41, 5.74) is 6.12. The minimum atomic E-state index is -4.79. The normalized spacial score (nSPS) is 14.2. The molecule has 0 aliphatic carbocycles.